The van der Waals surface area contributed by atoms with E-state index in [0.29, 0.717) is 0 Å². The summed E-state index contributed by atoms with van der Waals surface area (Å²) in [6.07, 6.45) is -9.04. The van der Waals surface area contributed by atoms with Crippen LogP contribution in [0.4, 0.5) is 32.0 Å². The summed E-state index contributed by atoms with van der Waals surface area (Å²) in [7, 11) is 1.33. The zero-order valence-corrected chi connectivity index (χ0v) is 12.3. The number of nitrogens with zero attached hydrogens (tertiary/aromatic N) is 1. The molecule has 2 rings (SSSR count). The number of amidine groups is 1. The van der Waals surface area contributed by atoms with Crippen molar-refractivity contribution in [3.05, 3.63) is 65.2 Å². The molecule has 0 aliphatic heterocycles. The molecule has 2 aromatic carbocycles. The number of anilines is 1. The van der Waals surface area contributed by atoms with Crippen molar-refractivity contribution in [1.29, 1.82) is 0 Å². The Hall–Kier alpha value is -2.51. The van der Waals surface area contributed by atoms with Gasteiger partial charge in [-0.05, 0) is 30.3 Å². The van der Waals surface area contributed by atoms with Gasteiger partial charge < -0.3 is 5.32 Å². The number of aliphatic imine (C=N–C) groups is 1. The molecule has 0 amide bonds. The SMILES string of the molecule is CN=C(Nc1cccc(C(F)(F)F)c1)c1cccc(C(F)(F)F)c1. The molecule has 0 atom stereocenters. The minimum atomic E-state index is -4.52. The van der Waals surface area contributed by atoms with Crippen LogP contribution in [-0.4, -0.2) is 12.9 Å². The van der Waals surface area contributed by atoms with E-state index >= 15 is 0 Å². The Morgan fingerprint density at radius 2 is 1.38 bits per heavy atom. The fourth-order valence-corrected chi connectivity index (χ4v) is 2.01. The smallest absolute Gasteiger partial charge is 0.340 e. The number of rotatable bonds is 2. The van der Waals surface area contributed by atoms with Crippen LogP contribution in [0.5, 0.6) is 0 Å². The summed E-state index contributed by atoms with van der Waals surface area (Å²) in [6.45, 7) is 0. The van der Waals surface area contributed by atoms with E-state index in [0.717, 1.165) is 24.3 Å². The molecule has 0 radical (unpaired) electrons. The summed E-state index contributed by atoms with van der Waals surface area (Å²) in [5.74, 6) is 0.0282. The zero-order chi connectivity index (χ0) is 18.0. The highest BCUT2D eigenvalue weighted by Gasteiger charge is 2.31. The topological polar surface area (TPSA) is 24.4 Å². The van der Waals surface area contributed by atoms with Crippen LogP contribution in [0.3, 0.4) is 0 Å². The molecule has 0 saturated carbocycles. The maximum absolute atomic E-state index is 12.8. The minimum absolute atomic E-state index is 0.0282. The monoisotopic (exact) mass is 346 g/mol. The van der Waals surface area contributed by atoms with Crippen LogP contribution in [0.2, 0.25) is 0 Å². The second-order valence-corrected chi connectivity index (χ2v) is 4.85. The van der Waals surface area contributed by atoms with Gasteiger partial charge in [0.05, 0.1) is 11.1 Å². The van der Waals surface area contributed by atoms with E-state index in [9.17, 15) is 26.3 Å². The van der Waals surface area contributed by atoms with Crippen molar-refractivity contribution in [3.8, 4) is 0 Å². The van der Waals surface area contributed by atoms with E-state index in [1.165, 1.54) is 31.3 Å². The third kappa shape index (κ3) is 4.27. The molecular formula is C16H12F6N2. The maximum atomic E-state index is 12.8. The van der Waals surface area contributed by atoms with Crippen LogP contribution < -0.4 is 5.32 Å². The summed E-state index contributed by atoms with van der Waals surface area (Å²) >= 11 is 0. The van der Waals surface area contributed by atoms with E-state index in [4.69, 9.17) is 0 Å². The number of nitrogens with one attached hydrogen (secondary N) is 1. The lowest BCUT2D eigenvalue weighted by Gasteiger charge is -2.14. The molecule has 0 spiro atoms. The van der Waals surface area contributed by atoms with E-state index in [2.05, 4.69) is 10.3 Å². The second kappa shape index (κ2) is 6.54. The minimum Gasteiger partial charge on any atom is -0.340 e. The van der Waals surface area contributed by atoms with Crippen LogP contribution in [0.25, 0.3) is 0 Å². The number of halogens is 6. The Kier molecular flexibility index (Phi) is 4.86. The molecule has 0 bridgehead atoms. The van der Waals surface area contributed by atoms with Gasteiger partial charge in [-0.3, -0.25) is 4.99 Å². The van der Waals surface area contributed by atoms with Crippen molar-refractivity contribution in [3.63, 3.8) is 0 Å². The third-order valence-corrected chi connectivity index (χ3v) is 3.14. The van der Waals surface area contributed by atoms with Crippen molar-refractivity contribution in [2.75, 3.05) is 12.4 Å². The average molecular weight is 346 g/mol. The molecule has 0 unspecified atom stereocenters. The Balaban J connectivity index is 2.32. The van der Waals surface area contributed by atoms with Gasteiger partial charge in [0.1, 0.15) is 5.84 Å². The number of hydrogen-bond donors (Lipinski definition) is 1. The normalized spacial score (nSPS) is 13.0. The van der Waals surface area contributed by atoms with Crippen molar-refractivity contribution in [2.45, 2.75) is 12.4 Å². The molecule has 2 nitrogen and oxygen atoms in total. The molecule has 0 saturated heterocycles. The molecule has 24 heavy (non-hydrogen) atoms. The lowest BCUT2D eigenvalue weighted by molar-refractivity contribution is -0.138. The third-order valence-electron chi connectivity index (χ3n) is 3.14. The quantitative estimate of drug-likeness (QED) is 0.450. The maximum Gasteiger partial charge on any atom is 0.416 e. The lowest BCUT2D eigenvalue weighted by Crippen LogP contribution is -2.16. The molecule has 0 aliphatic rings. The fourth-order valence-electron chi connectivity index (χ4n) is 2.01. The highest BCUT2D eigenvalue weighted by atomic mass is 19.4. The van der Waals surface area contributed by atoms with Crippen LogP contribution in [0.1, 0.15) is 16.7 Å². The van der Waals surface area contributed by atoms with Gasteiger partial charge in [0, 0.05) is 18.3 Å². The first kappa shape index (κ1) is 17.8. The molecule has 128 valence electrons. The lowest BCUT2D eigenvalue weighted by atomic mass is 10.1. The van der Waals surface area contributed by atoms with Crippen molar-refractivity contribution < 1.29 is 26.3 Å². The predicted octanol–water partition coefficient (Wildman–Crippen LogP) is 5.21. The summed E-state index contributed by atoms with van der Waals surface area (Å²) in [5, 5.41) is 2.62. The number of benzene rings is 2. The molecule has 8 heteroatoms. The van der Waals surface area contributed by atoms with Crippen LogP contribution in [0, 0.1) is 0 Å². The summed E-state index contributed by atoms with van der Waals surface area (Å²) in [4.78, 5) is 3.83. The number of hydrogen-bond acceptors (Lipinski definition) is 1. The van der Waals surface area contributed by atoms with Gasteiger partial charge in [-0.1, -0.05) is 18.2 Å². The summed E-state index contributed by atoms with van der Waals surface area (Å²) in [6, 6.07) is 8.70. The van der Waals surface area contributed by atoms with Gasteiger partial charge in [-0.2, -0.15) is 26.3 Å². The van der Waals surface area contributed by atoms with Gasteiger partial charge in [-0.25, -0.2) is 0 Å². The van der Waals surface area contributed by atoms with Crippen molar-refractivity contribution >= 4 is 11.5 Å². The standard InChI is InChI=1S/C16H12F6N2/c1-23-14(10-4-2-5-11(8-10)15(17,18)19)24-13-7-3-6-12(9-13)16(20,21)22/h2-9H,1H3,(H,23,24). The van der Waals surface area contributed by atoms with Gasteiger partial charge in [-0.15, -0.1) is 0 Å². The predicted molar refractivity (Wildman–Crippen MR) is 79.0 cm³/mol. The second-order valence-electron chi connectivity index (χ2n) is 4.85. The van der Waals surface area contributed by atoms with Crippen LogP contribution >= 0.6 is 0 Å². The highest BCUT2D eigenvalue weighted by Crippen LogP contribution is 2.31. The molecule has 0 aliphatic carbocycles. The van der Waals surface area contributed by atoms with E-state index in [1.807, 2.05) is 0 Å². The Bertz CT molecular complexity index is 747. The van der Waals surface area contributed by atoms with Gasteiger partial charge in [0.25, 0.3) is 0 Å². The molecule has 0 heterocycles. The first-order valence-corrected chi connectivity index (χ1v) is 6.70. The van der Waals surface area contributed by atoms with Crippen LogP contribution in [-0.2, 0) is 12.4 Å². The van der Waals surface area contributed by atoms with Gasteiger partial charge in [0.15, 0.2) is 0 Å². The van der Waals surface area contributed by atoms with E-state index < -0.39 is 23.5 Å². The summed E-state index contributed by atoms with van der Waals surface area (Å²) in [5.41, 5.74) is -1.55. The molecular weight excluding hydrogens is 334 g/mol. The first-order valence-electron chi connectivity index (χ1n) is 6.70. The highest BCUT2D eigenvalue weighted by molar-refractivity contribution is 6.08. The average Bonchev–Trinajstić information content (AvgIpc) is 2.51. The molecule has 0 fully saturated rings. The van der Waals surface area contributed by atoms with E-state index in [-0.39, 0.29) is 17.1 Å². The Morgan fingerprint density at radius 1 is 0.833 bits per heavy atom. The Morgan fingerprint density at radius 3 is 1.92 bits per heavy atom. The largest absolute Gasteiger partial charge is 0.416 e. The fraction of sp³-hybridized carbons (Fsp3) is 0.188. The molecule has 0 aromatic heterocycles. The molecule has 2 aromatic rings. The Labute approximate surface area is 133 Å². The molecule has 1 N–H and O–H groups in total. The number of alkyl halides is 6. The van der Waals surface area contributed by atoms with Gasteiger partial charge >= 0.3 is 12.4 Å². The van der Waals surface area contributed by atoms with Crippen molar-refractivity contribution in [1.82, 2.24) is 0 Å². The van der Waals surface area contributed by atoms with E-state index in [1.54, 1.807) is 0 Å². The summed E-state index contributed by atoms with van der Waals surface area (Å²) < 4.78 is 76.4. The zero-order valence-electron chi connectivity index (χ0n) is 12.3. The van der Waals surface area contributed by atoms with Crippen molar-refractivity contribution in [2.24, 2.45) is 4.99 Å². The first-order chi connectivity index (χ1) is 11.1. The van der Waals surface area contributed by atoms with Crippen LogP contribution in [0.15, 0.2) is 53.5 Å². The van der Waals surface area contributed by atoms with Gasteiger partial charge in [0.2, 0.25) is 0 Å².